The summed E-state index contributed by atoms with van der Waals surface area (Å²) in [5.74, 6) is -0.155. The van der Waals surface area contributed by atoms with Gasteiger partial charge in [0.05, 0.1) is 16.4 Å². The third kappa shape index (κ3) is 3.95. The van der Waals surface area contributed by atoms with Crippen molar-refractivity contribution in [3.05, 3.63) is 41.7 Å². The number of carbonyl (C=O) groups is 1. The Labute approximate surface area is 160 Å². The first-order valence-electron chi connectivity index (χ1n) is 7.38. The van der Waals surface area contributed by atoms with Gasteiger partial charge in [0.25, 0.3) is 0 Å². The Balaban J connectivity index is 2.55. The van der Waals surface area contributed by atoms with E-state index in [1.807, 2.05) is 30.3 Å². The molecule has 0 bridgehead atoms. The monoisotopic (exact) mass is 432 g/mol. The number of esters is 1. The van der Waals surface area contributed by atoms with Crippen LogP contribution in [0.3, 0.4) is 0 Å². The minimum atomic E-state index is -1.23. The Morgan fingerprint density at radius 3 is 2.38 bits per heavy atom. The molecule has 0 spiro atoms. The molecule has 0 aromatic heterocycles. The second kappa shape index (κ2) is 7.06. The standard InChI is InChI=1S/C17H19BrCl2N2O2/c1-16(2,3)15(23)24-13(12(18)11-8-6-5-7-9-11)17(20)10-22(4)21-14(17)19/h5-9H,10H2,1-4H3. The maximum absolute atomic E-state index is 12.5. The lowest BCUT2D eigenvalue weighted by atomic mass is 9.97. The van der Waals surface area contributed by atoms with Crippen molar-refractivity contribution < 1.29 is 9.53 Å². The summed E-state index contributed by atoms with van der Waals surface area (Å²) >= 11 is 16.5. The summed E-state index contributed by atoms with van der Waals surface area (Å²) < 4.78 is 6.28. The molecule has 4 nitrogen and oxygen atoms in total. The highest BCUT2D eigenvalue weighted by atomic mass is 79.9. The summed E-state index contributed by atoms with van der Waals surface area (Å²) in [6.45, 7) is 5.63. The third-order valence-electron chi connectivity index (χ3n) is 3.43. The van der Waals surface area contributed by atoms with Gasteiger partial charge < -0.3 is 4.74 Å². The quantitative estimate of drug-likeness (QED) is 0.390. The number of ether oxygens (including phenoxy) is 1. The van der Waals surface area contributed by atoms with E-state index in [1.165, 1.54) is 0 Å². The number of rotatable bonds is 3. The highest BCUT2D eigenvalue weighted by molar-refractivity contribution is 9.15. The van der Waals surface area contributed by atoms with Crippen LogP contribution < -0.4 is 0 Å². The van der Waals surface area contributed by atoms with Gasteiger partial charge in [-0.15, -0.1) is 11.6 Å². The van der Waals surface area contributed by atoms with Gasteiger partial charge in [-0.1, -0.05) is 41.9 Å². The molecule has 1 aromatic carbocycles. The van der Waals surface area contributed by atoms with E-state index in [1.54, 1.807) is 32.8 Å². The van der Waals surface area contributed by atoms with E-state index in [9.17, 15) is 4.79 Å². The zero-order valence-electron chi connectivity index (χ0n) is 13.9. The first kappa shape index (κ1) is 19.3. The molecule has 24 heavy (non-hydrogen) atoms. The Hall–Kier alpha value is -1.04. The van der Waals surface area contributed by atoms with E-state index in [4.69, 9.17) is 27.9 Å². The summed E-state index contributed by atoms with van der Waals surface area (Å²) in [6, 6.07) is 9.45. The lowest BCUT2D eigenvalue weighted by Gasteiger charge is -2.27. The van der Waals surface area contributed by atoms with Crippen LogP contribution >= 0.6 is 39.1 Å². The smallest absolute Gasteiger partial charge is 0.316 e. The molecule has 2 rings (SSSR count). The molecule has 0 radical (unpaired) electrons. The number of benzene rings is 1. The van der Waals surface area contributed by atoms with Gasteiger partial charge in [-0.2, -0.15) is 5.10 Å². The van der Waals surface area contributed by atoms with E-state index in [0.717, 1.165) is 5.56 Å². The summed E-state index contributed by atoms with van der Waals surface area (Å²) in [5.41, 5.74) is 0.143. The molecule has 1 unspecified atom stereocenters. The molecule has 1 aromatic rings. The van der Waals surface area contributed by atoms with Gasteiger partial charge >= 0.3 is 5.97 Å². The van der Waals surface area contributed by atoms with Crippen LogP contribution in [-0.2, 0) is 9.53 Å². The van der Waals surface area contributed by atoms with Crippen LogP contribution in [0.15, 0.2) is 41.2 Å². The summed E-state index contributed by atoms with van der Waals surface area (Å²) in [4.78, 5) is 11.2. The van der Waals surface area contributed by atoms with E-state index >= 15 is 0 Å². The molecule has 0 aliphatic carbocycles. The van der Waals surface area contributed by atoms with Crippen LogP contribution in [-0.4, -0.2) is 34.6 Å². The van der Waals surface area contributed by atoms with Crippen molar-refractivity contribution >= 4 is 54.8 Å². The van der Waals surface area contributed by atoms with E-state index in [2.05, 4.69) is 21.0 Å². The highest BCUT2D eigenvalue weighted by Crippen LogP contribution is 2.42. The SMILES string of the molecule is CN1CC(Cl)(C(OC(=O)C(C)(C)C)=C(Br)c2ccccc2)C(Cl)=N1. The van der Waals surface area contributed by atoms with Gasteiger partial charge in [-0.3, -0.25) is 9.80 Å². The molecule has 1 aliphatic heterocycles. The van der Waals surface area contributed by atoms with Crippen molar-refractivity contribution in [1.29, 1.82) is 0 Å². The van der Waals surface area contributed by atoms with Crippen LogP contribution in [0.5, 0.6) is 0 Å². The number of hydrogen-bond donors (Lipinski definition) is 0. The first-order chi connectivity index (χ1) is 11.1. The highest BCUT2D eigenvalue weighted by Gasteiger charge is 2.47. The molecule has 0 saturated carbocycles. The van der Waals surface area contributed by atoms with Crippen molar-refractivity contribution in [2.75, 3.05) is 13.6 Å². The molecular weight excluding hydrogens is 415 g/mol. The largest absolute Gasteiger partial charge is 0.427 e. The zero-order valence-corrected chi connectivity index (χ0v) is 17.0. The predicted molar refractivity (Wildman–Crippen MR) is 102 cm³/mol. The second-order valence-corrected chi connectivity index (χ2v) is 8.45. The van der Waals surface area contributed by atoms with Gasteiger partial charge in [0, 0.05) is 7.05 Å². The molecule has 7 heteroatoms. The molecule has 0 saturated heterocycles. The van der Waals surface area contributed by atoms with Gasteiger partial charge in [0.1, 0.15) is 0 Å². The maximum atomic E-state index is 12.5. The zero-order chi connectivity index (χ0) is 18.1. The fourth-order valence-electron chi connectivity index (χ4n) is 2.07. The second-order valence-electron chi connectivity index (χ2n) is 6.66. The maximum Gasteiger partial charge on any atom is 0.316 e. The molecule has 0 fully saturated rings. The summed E-state index contributed by atoms with van der Waals surface area (Å²) in [6.07, 6.45) is 0. The van der Waals surface area contributed by atoms with Gasteiger partial charge in [0.2, 0.25) is 0 Å². The summed E-state index contributed by atoms with van der Waals surface area (Å²) in [5, 5.41) is 5.93. The predicted octanol–water partition coefficient (Wildman–Crippen LogP) is 4.81. The van der Waals surface area contributed by atoms with Crippen LogP contribution in [0.4, 0.5) is 0 Å². The van der Waals surface area contributed by atoms with Crippen molar-refractivity contribution in [2.24, 2.45) is 10.5 Å². The van der Waals surface area contributed by atoms with Crippen LogP contribution in [0.25, 0.3) is 4.48 Å². The topological polar surface area (TPSA) is 41.9 Å². The average Bonchev–Trinajstić information content (AvgIpc) is 2.77. The normalized spacial score (nSPS) is 22.1. The van der Waals surface area contributed by atoms with Crippen LogP contribution in [0.1, 0.15) is 26.3 Å². The molecule has 1 atom stereocenters. The first-order valence-corrected chi connectivity index (χ1v) is 8.93. The van der Waals surface area contributed by atoms with Gasteiger partial charge in [-0.25, -0.2) is 0 Å². The van der Waals surface area contributed by atoms with Crippen molar-refractivity contribution in [3.8, 4) is 0 Å². The number of nitrogens with zero attached hydrogens (tertiary/aromatic N) is 2. The minimum absolute atomic E-state index is 0.163. The molecule has 1 aliphatic rings. The molecule has 0 N–H and O–H groups in total. The lowest BCUT2D eigenvalue weighted by molar-refractivity contribution is -0.148. The number of alkyl halides is 1. The van der Waals surface area contributed by atoms with Crippen LogP contribution in [0, 0.1) is 5.41 Å². The molecular formula is C17H19BrCl2N2O2. The Morgan fingerprint density at radius 1 is 1.33 bits per heavy atom. The van der Waals surface area contributed by atoms with E-state index in [-0.39, 0.29) is 10.9 Å². The fraction of sp³-hybridized carbons (Fsp3) is 0.412. The van der Waals surface area contributed by atoms with E-state index in [0.29, 0.717) is 11.0 Å². The van der Waals surface area contributed by atoms with Crippen LogP contribution in [0.2, 0.25) is 0 Å². The van der Waals surface area contributed by atoms with Crippen molar-refractivity contribution in [1.82, 2.24) is 5.01 Å². The number of halogens is 3. The molecule has 0 amide bonds. The molecule has 1 heterocycles. The third-order valence-corrected chi connectivity index (χ3v) is 5.21. The van der Waals surface area contributed by atoms with Crippen molar-refractivity contribution in [2.45, 2.75) is 25.6 Å². The average molecular weight is 434 g/mol. The lowest BCUT2D eigenvalue weighted by Crippen LogP contribution is -2.38. The summed E-state index contributed by atoms with van der Waals surface area (Å²) in [7, 11) is 1.76. The number of hydrogen-bond acceptors (Lipinski definition) is 4. The number of hydrazone groups is 1. The minimum Gasteiger partial charge on any atom is -0.427 e. The fourth-order valence-corrected chi connectivity index (χ4v) is 3.49. The Bertz CT molecular complexity index is 698. The van der Waals surface area contributed by atoms with E-state index < -0.39 is 16.3 Å². The molecule has 130 valence electrons. The van der Waals surface area contributed by atoms with Gasteiger partial charge in [0.15, 0.2) is 15.8 Å². The van der Waals surface area contributed by atoms with Crippen molar-refractivity contribution in [3.63, 3.8) is 0 Å². The Morgan fingerprint density at radius 2 is 1.92 bits per heavy atom. The van der Waals surface area contributed by atoms with Gasteiger partial charge in [-0.05, 0) is 42.3 Å². The number of carbonyl (C=O) groups excluding carboxylic acids is 1. The Kier molecular flexibility index (Phi) is 5.68.